The molecule has 0 radical (unpaired) electrons. The molecule has 3 nitrogen and oxygen atoms in total. The molecule has 58 valence electrons. The minimum atomic E-state index is -0.812. The van der Waals surface area contributed by atoms with Crippen LogP contribution >= 0.6 is 0 Å². The molecule has 1 saturated carbocycles. The van der Waals surface area contributed by atoms with Crippen LogP contribution in [-0.2, 0) is 0 Å². The van der Waals surface area contributed by atoms with Gasteiger partial charge in [0.05, 0.1) is 0 Å². The van der Waals surface area contributed by atoms with Gasteiger partial charge in [-0.25, -0.2) is 0 Å². The Bertz CT molecular complexity index is 128. The van der Waals surface area contributed by atoms with Gasteiger partial charge < -0.3 is 5.11 Å². The third-order valence-electron chi connectivity index (χ3n) is 1.94. The lowest BCUT2D eigenvalue weighted by Crippen LogP contribution is -2.28. The first-order valence-electron chi connectivity index (χ1n) is 3.80. The van der Waals surface area contributed by atoms with Gasteiger partial charge >= 0.3 is 0 Å². The van der Waals surface area contributed by atoms with Crippen molar-refractivity contribution in [2.24, 2.45) is 10.2 Å². The zero-order valence-electron chi connectivity index (χ0n) is 6.38. The Hall–Kier alpha value is -0.440. The van der Waals surface area contributed by atoms with Gasteiger partial charge in [-0.1, -0.05) is 6.42 Å². The molecule has 1 fully saturated rings. The number of hydrogen-bond acceptors (Lipinski definition) is 3. The lowest BCUT2D eigenvalue weighted by molar-refractivity contribution is 0.00582. The summed E-state index contributed by atoms with van der Waals surface area (Å²) in [5, 5.41) is 17.0. The van der Waals surface area contributed by atoms with Crippen molar-refractivity contribution in [1.29, 1.82) is 0 Å². The van der Waals surface area contributed by atoms with E-state index in [1.165, 1.54) is 6.42 Å². The zero-order chi connectivity index (χ0) is 7.45. The Balaban J connectivity index is 2.48. The maximum absolute atomic E-state index is 9.61. The lowest BCUT2D eigenvalue weighted by Gasteiger charge is -2.26. The molecule has 0 aliphatic heterocycles. The van der Waals surface area contributed by atoms with Gasteiger partial charge in [-0.05, 0) is 25.7 Å². The van der Waals surface area contributed by atoms with Crippen LogP contribution in [-0.4, -0.2) is 17.9 Å². The van der Waals surface area contributed by atoms with Crippen LogP contribution in [0.25, 0.3) is 0 Å². The number of rotatable bonds is 1. The van der Waals surface area contributed by atoms with E-state index in [4.69, 9.17) is 0 Å². The van der Waals surface area contributed by atoms with Crippen molar-refractivity contribution in [3.8, 4) is 0 Å². The molecule has 10 heavy (non-hydrogen) atoms. The number of azo groups is 1. The Labute approximate surface area is 61.2 Å². The van der Waals surface area contributed by atoms with Gasteiger partial charge in [-0.3, -0.25) is 0 Å². The van der Waals surface area contributed by atoms with Gasteiger partial charge in [0.25, 0.3) is 0 Å². The van der Waals surface area contributed by atoms with Gasteiger partial charge in [-0.15, -0.1) is 0 Å². The van der Waals surface area contributed by atoms with E-state index in [1.807, 2.05) is 0 Å². The number of nitrogens with zero attached hydrogens (tertiary/aromatic N) is 2. The van der Waals surface area contributed by atoms with Crippen molar-refractivity contribution in [3.63, 3.8) is 0 Å². The van der Waals surface area contributed by atoms with Crippen LogP contribution in [0.1, 0.15) is 32.1 Å². The van der Waals surface area contributed by atoms with Crippen LogP contribution in [0.5, 0.6) is 0 Å². The molecule has 0 atom stereocenters. The van der Waals surface area contributed by atoms with Crippen molar-refractivity contribution >= 4 is 0 Å². The second-order valence-corrected chi connectivity index (χ2v) is 2.84. The van der Waals surface area contributed by atoms with E-state index >= 15 is 0 Å². The molecule has 0 spiro atoms. The van der Waals surface area contributed by atoms with Crippen LogP contribution in [0.15, 0.2) is 10.2 Å². The topological polar surface area (TPSA) is 45.0 Å². The van der Waals surface area contributed by atoms with E-state index < -0.39 is 5.72 Å². The first-order valence-corrected chi connectivity index (χ1v) is 3.80. The maximum Gasteiger partial charge on any atom is 0.176 e. The summed E-state index contributed by atoms with van der Waals surface area (Å²) in [6.45, 7) is 0. The fraction of sp³-hybridized carbons (Fsp3) is 1.00. The molecule has 1 N–H and O–H groups in total. The van der Waals surface area contributed by atoms with Crippen molar-refractivity contribution in [2.75, 3.05) is 7.05 Å². The zero-order valence-corrected chi connectivity index (χ0v) is 6.38. The minimum Gasteiger partial charge on any atom is -0.368 e. The van der Waals surface area contributed by atoms with Crippen LogP contribution < -0.4 is 0 Å². The normalized spacial score (nSPS) is 25.4. The summed E-state index contributed by atoms with van der Waals surface area (Å²) >= 11 is 0. The first kappa shape index (κ1) is 7.66. The van der Waals surface area contributed by atoms with Crippen molar-refractivity contribution in [1.82, 2.24) is 0 Å². The van der Waals surface area contributed by atoms with Gasteiger partial charge in [-0.2, -0.15) is 10.2 Å². The first-order chi connectivity index (χ1) is 4.77. The Kier molecular flexibility index (Phi) is 2.38. The smallest absolute Gasteiger partial charge is 0.176 e. The monoisotopic (exact) mass is 142 g/mol. The molecule has 0 unspecified atom stereocenters. The molecule has 1 aliphatic rings. The summed E-state index contributed by atoms with van der Waals surface area (Å²) in [4.78, 5) is 0. The molecule has 3 heteroatoms. The summed E-state index contributed by atoms with van der Waals surface area (Å²) in [5.41, 5.74) is -0.812. The van der Waals surface area contributed by atoms with Crippen molar-refractivity contribution in [2.45, 2.75) is 37.8 Å². The lowest BCUT2D eigenvalue weighted by atomic mass is 9.93. The number of aliphatic hydroxyl groups is 1. The molecule has 0 heterocycles. The highest BCUT2D eigenvalue weighted by molar-refractivity contribution is 4.77. The predicted molar refractivity (Wildman–Crippen MR) is 38.8 cm³/mol. The van der Waals surface area contributed by atoms with E-state index in [1.54, 1.807) is 7.05 Å². The van der Waals surface area contributed by atoms with Crippen LogP contribution in [0, 0.1) is 0 Å². The summed E-state index contributed by atoms with van der Waals surface area (Å²) in [6, 6.07) is 0. The molecular formula is C7H14N2O. The quantitative estimate of drug-likeness (QED) is 0.557. The van der Waals surface area contributed by atoms with Gasteiger partial charge in [0.2, 0.25) is 0 Å². The van der Waals surface area contributed by atoms with E-state index in [9.17, 15) is 5.11 Å². The van der Waals surface area contributed by atoms with Gasteiger partial charge in [0.1, 0.15) is 0 Å². The SMILES string of the molecule is CN=NC1(O)CCCCC1. The van der Waals surface area contributed by atoms with Gasteiger partial charge in [0.15, 0.2) is 5.72 Å². The standard InChI is InChI=1S/C7H14N2O/c1-8-9-7(10)5-3-2-4-6-7/h10H,2-6H2,1H3. The molecule has 0 saturated heterocycles. The molecule has 0 aromatic heterocycles. The van der Waals surface area contributed by atoms with E-state index in [0.29, 0.717) is 0 Å². The molecule has 0 bridgehead atoms. The average molecular weight is 142 g/mol. The maximum atomic E-state index is 9.61. The highest BCUT2D eigenvalue weighted by Crippen LogP contribution is 2.28. The largest absolute Gasteiger partial charge is 0.368 e. The highest BCUT2D eigenvalue weighted by Gasteiger charge is 2.28. The molecular weight excluding hydrogens is 128 g/mol. The summed E-state index contributed by atoms with van der Waals surface area (Å²) in [5.74, 6) is 0. The molecule has 0 aromatic rings. The molecule has 0 aromatic carbocycles. The summed E-state index contributed by atoms with van der Waals surface area (Å²) in [6.07, 6.45) is 4.95. The molecule has 1 aliphatic carbocycles. The minimum absolute atomic E-state index is 0.782. The van der Waals surface area contributed by atoms with Crippen LogP contribution in [0.4, 0.5) is 0 Å². The third-order valence-corrected chi connectivity index (χ3v) is 1.94. The van der Waals surface area contributed by atoms with E-state index in [-0.39, 0.29) is 0 Å². The molecule has 1 rings (SSSR count). The van der Waals surface area contributed by atoms with E-state index in [0.717, 1.165) is 25.7 Å². The second kappa shape index (κ2) is 3.10. The summed E-state index contributed by atoms with van der Waals surface area (Å²) in [7, 11) is 1.60. The molecule has 0 amide bonds. The van der Waals surface area contributed by atoms with Gasteiger partial charge in [0, 0.05) is 7.05 Å². The second-order valence-electron chi connectivity index (χ2n) is 2.84. The van der Waals surface area contributed by atoms with Crippen molar-refractivity contribution in [3.05, 3.63) is 0 Å². The third kappa shape index (κ3) is 1.77. The van der Waals surface area contributed by atoms with E-state index in [2.05, 4.69) is 10.2 Å². The fourth-order valence-corrected chi connectivity index (χ4v) is 1.40. The Morgan fingerprint density at radius 1 is 1.20 bits per heavy atom. The van der Waals surface area contributed by atoms with Crippen molar-refractivity contribution < 1.29 is 5.11 Å². The average Bonchev–Trinajstić information content (AvgIpc) is 1.89. The highest BCUT2D eigenvalue weighted by atomic mass is 16.3. The predicted octanol–water partition coefficient (Wildman–Crippen LogP) is 1.72. The van der Waals surface area contributed by atoms with Crippen LogP contribution in [0.3, 0.4) is 0 Å². The Morgan fingerprint density at radius 3 is 2.30 bits per heavy atom. The van der Waals surface area contributed by atoms with Crippen LogP contribution in [0.2, 0.25) is 0 Å². The summed E-state index contributed by atoms with van der Waals surface area (Å²) < 4.78 is 0. The number of hydrogen-bond donors (Lipinski definition) is 1. The fourth-order valence-electron chi connectivity index (χ4n) is 1.40. The Morgan fingerprint density at radius 2 is 1.80 bits per heavy atom.